The van der Waals surface area contributed by atoms with Crippen molar-refractivity contribution >= 4 is 5.91 Å². The lowest BCUT2D eigenvalue weighted by Gasteiger charge is -2.10. The molecule has 1 rings (SSSR count). The average Bonchev–Trinajstić information content (AvgIpc) is 2.40. The van der Waals surface area contributed by atoms with Crippen LogP contribution in [-0.2, 0) is 11.2 Å². The number of hydrogen-bond acceptors (Lipinski definition) is 3. The van der Waals surface area contributed by atoms with E-state index in [9.17, 15) is 9.18 Å². The van der Waals surface area contributed by atoms with Gasteiger partial charge in [0.2, 0.25) is 5.91 Å². The zero-order valence-corrected chi connectivity index (χ0v) is 12.3. The van der Waals surface area contributed by atoms with Gasteiger partial charge in [0.15, 0.2) is 0 Å². The highest BCUT2D eigenvalue weighted by molar-refractivity contribution is 5.76. The molecule has 0 aliphatic heterocycles. The van der Waals surface area contributed by atoms with Gasteiger partial charge in [0, 0.05) is 26.1 Å². The summed E-state index contributed by atoms with van der Waals surface area (Å²) in [5.41, 5.74) is 1.09. The molecule has 0 fully saturated rings. The van der Waals surface area contributed by atoms with Crippen LogP contribution in [0.2, 0.25) is 0 Å². The summed E-state index contributed by atoms with van der Waals surface area (Å²) in [6.45, 7) is 2.98. The Hall–Kier alpha value is -1.46. The molecular weight excluding hydrogens is 257 g/mol. The normalized spacial score (nSPS) is 10.8. The van der Waals surface area contributed by atoms with E-state index in [1.54, 1.807) is 12.1 Å². The molecule has 0 aliphatic carbocycles. The maximum atomic E-state index is 12.7. The maximum Gasteiger partial charge on any atom is 0.221 e. The summed E-state index contributed by atoms with van der Waals surface area (Å²) in [6, 6.07) is 6.50. The predicted octanol–water partition coefficient (Wildman–Crippen LogP) is 1.03. The Morgan fingerprint density at radius 3 is 2.50 bits per heavy atom. The fraction of sp³-hybridized carbons (Fsp3) is 0.533. The Bertz CT molecular complexity index is 393. The number of nitrogens with one attached hydrogen (secondary N) is 2. The number of amides is 1. The van der Waals surface area contributed by atoms with Gasteiger partial charge in [-0.3, -0.25) is 4.79 Å². The third-order valence-electron chi connectivity index (χ3n) is 2.91. The topological polar surface area (TPSA) is 44.4 Å². The van der Waals surface area contributed by atoms with Crippen LogP contribution in [-0.4, -0.2) is 51.1 Å². The molecule has 0 unspecified atom stereocenters. The number of hydrogen-bond donors (Lipinski definition) is 2. The lowest BCUT2D eigenvalue weighted by atomic mass is 10.1. The highest BCUT2D eigenvalue weighted by atomic mass is 19.1. The van der Waals surface area contributed by atoms with Crippen molar-refractivity contribution < 1.29 is 9.18 Å². The van der Waals surface area contributed by atoms with Gasteiger partial charge in [-0.15, -0.1) is 0 Å². The minimum atomic E-state index is -0.212. The lowest BCUT2D eigenvalue weighted by molar-refractivity contribution is -0.121. The molecule has 0 atom stereocenters. The molecule has 5 heteroatoms. The van der Waals surface area contributed by atoms with E-state index in [1.165, 1.54) is 12.1 Å². The van der Waals surface area contributed by atoms with Gasteiger partial charge in [0.05, 0.1) is 0 Å². The van der Waals surface area contributed by atoms with Gasteiger partial charge in [0.1, 0.15) is 5.82 Å². The van der Waals surface area contributed by atoms with E-state index in [-0.39, 0.29) is 11.7 Å². The summed E-state index contributed by atoms with van der Waals surface area (Å²) in [5.74, 6) is -0.141. The Labute approximate surface area is 120 Å². The molecular formula is C15H24FN3O. The molecule has 1 aromatic rings. The fourth-order valence-corrected chi connectivity index (χ4v) is 1.72. The van der Waals surface area contributed by atoms with Gasteiger partial charge in [-0.05, 0) is 44.8 Å². The minimum absolute atomic E-state index is 0.0705. The third kappa shape index (κ3) is 7.86. The summed E-state index contributed by atoms with van der Waals surface area (Å²) in [5, 5.41) is 6.08. The van der Waals surface area contributed by atoms with Crippen molar-refractivity contribution in [3.8, 4) is 0 Å². The summed E-state index contributed by atoms with van der Waals surface area (Å²) >= 11 is 0. The predicted molar refractivity (Wildman–Crippen MR) is 79.2 cm³/mol. The Balaban J connectivity index is 2.01. The molecule has 2 N–H and O–H groups in total. The Kier molecular flexibility index (Phi) is 7.84. The quantitative estimate of drug-likeness (QED) is 0.664. The fourth-order valence-electron chi connectivity index (χ4n) is 1.72. The van der Waals surface area contributed by atoms with Gasteiger partial charge in [-0.25, -0.2) is 4.39 Å². The highest BCUT2D eigenvalue weighted by Crippen LogP contribution is 2.02. The summed E-state index contributed by atoms with van der Waals surface area (Å²) in [6.07, 6.45) is 1.32. The van der Waals surface area contributed by atoms with E-state index in [2.05, 4.69) is 10.6 Å². The van der Waals surface area contributed by atoms with Crippen LogP contribution < -0.4 is 10.6 Å². The number of rotatable bonds is 9. The van der Waals surface area contributed by atoms with Gasteiger partial charge < -0.3 is 15.5 Å². The van der Waals surface area contributed by atoms with Crippen molar-refractivity contribution in [2.45, 2.75) is 12.8 Å². The van der Waals surface area contributed by atoms with Crippen molar-refractivity contribution in [2.24, 2.45) is 0 Å². The number of nitrogens with zero attached hydrogens (tertiary/aromatic N) is 1. The van der Waals surface area contributed by atoms with Crippen LogP contribution in [0, 0.1) is 5.82 Å². The molecule has 0 radical (unpaired) electrons. The van der Waals surface area contributed by atoms with E-state index < -0.39 is 0 Å². The molecule has 0 aromatic heterocycles. The molecule has 0 heterocycles. The summed E-state index contributed by atoms with van der Waals surface area (Å²) in [7, 11) is 3.95. The molecule has 0 bridgehead atoms. The van der Waals surface area contributed by atoms with E-state index in [1.807, 2.05) is 19.0 Å². The van der Waals surface area contributed by atoms with Gasteiger partial charge in [-0.1, -0.05) is 12.1 Å². The van der Waals surface area contributed by atoms with Crippen molar-refractivity contribution in [3.05, 3.63) is 35.6 Å². The van der Waals surface area contributed by atoms with Gasteiger partial charge in [-0.2, -0.15) is 0 Å². The largest absolute Gasteiger partial charge is 0.355 e. The molecule has 4 nitrogen and oxygen atoms in total. The average molecular weight is 281 g/mol. The van der Waals surface area contributed by atoms with E-state index in [0.29, 0.717) is 19.5 Å². The summed E-state index contributed by atoms with van der Waals surface area (Å²) < 4.78 is 12.7. The van der Waals surface area contributed by atoms with Gasteiger partial charge in [0.25, 0.3) is 0 Å². The molecule has 20 heavy (non-hydrogen) atoms. The molecule has 0 saturated heterocycles. The summed E-state index contributed by atoms with van der Waals surface area (Å²) in [4.78, 5) is 13.5. The van der Waals surface area contributed by atoms with Crippen LogP contribution in [0.25, 0.3) is 0 Å². The third-order valence-corrected chi connectivity index (χ3v) is 2.91. The molecule has 112 valence electrons. The van der Waals surface area contributed by atoms with Crippen LogP contribution in [0.5, 0.6) is 0 Å². The van der Waals surface area contributed by atoms with Crippen LogP contribution in [0.3, 0.4) is 0 Å². The van der Waals surface area contributed by atoms with Crippen molar-refractivity contribution in [2.75, 3.05) is 40.3 Å². The van der Waals surface area contributed by atoms with Gasteiger partial charge >= 0.3 is 0 Å². The zero-order chi connectivity index (χ0) is 14.8. The first-order chi connectivity index (χ1) is 9.58. The first-order valence-electron chi connectivity index (χ1n) is 6.94. The molecule has 0 aliphatic rings. The second kappa shape index (κ2) is 9.44. The number of benzene rings is 1. The first-order valence-corrected chi connectivity index (χ1v) is 6.94. The second-order valence-corrected chi connectivity index (χ2v) is 5.03. The van der Waals surface area contributed by atoms with E-state index in [0.717, 1.165) is 25.1 Å². The number of carbonyl (C=O) groups is 1. The zero-order valence-electron chi connectivity index (χ0n) is 12.3. The molecule has 1 amide bonds. The maximum absolute atomic E-state index is 12.7. The smallest absolute Gasteiger partial charge is 0.221 e. The Morgan fingerprint density at radius 2 is 1.85 bits per heavy atom. The molecule has 1 aromatic carbocycles. The first kappa shape index (κ1) is 16.6. The minimum Gasteiger partial charge on any atom is -0.355 e. The van der Waals surface area contributed by atoms with E-state index in [4.69, 9.17) is 0 Å². The number of likely N-dealkylation sites (N-methyl/N-ethyl adjacent to an activating group) is 1. The van der Waals surface area contributed by atoms with Crippen molar-refractivity contribution in [1.29, 1.82) is 0 Å². The van der Waals surface area contributed by atoms with Crippen LogP contribution >= 0.6 is 0 Å². The standard InChI is InChI=1S/C15H24FN3O/c1-19(2)12-11-18-15(20)8-10-17-9-7-13-3-5-14(16)6-4-13/h3-6,17H,7-12H2,1-2H3,(H,18,20). The number of carbonyl (C=O) groups excluding carboxylic acids is 1. The van der Waals surface area contributed by atoms with E-state index >= 15 is 0 Å². The molecule has 0 saturated carbocycles. The monoisotopic (exact) mass is 281 g/mol. The van der Waals surface area contributed by atoms with Crippen molar-refractivity contribution in [3.63, 3.8) is 0 Å². The van der Waals surface area contributed by atoms with Crippen LogP contribution in [0.15, 0.2) is 24.3 Å². The van der Waals surface area contributed by atoms with Crippen molar-refractivity contribution in [1.82, 2.24) is 15.5 Å². The Morgan fingerprint density at radius 1 is 1.15 bits per heavy atom. The SMILES string of the molecule is CN(C)CCNC(=O)CCNCCc1ccc(F)cc1. The lowest BCUT2D eigenvalue weighted by Crippen LogP contribution is -2.33. The number of halogens is 1. The second-order valence-electron chi connectivity index (χ2n) is 5.03. The van der Waals surface area contributed by atoms with Crippen LogP contribution in [0.1, 0.15) is 12.0 Å². The van der Waals surface area contributed by atoms with Crippen LogP contribution in [0.4, 0.5) is 4.39 Å². The molecule has 0 spiro atoms. The highest BCUT2D eigenvalue weighted by Gasteiger charge is 2.00.